The van der Waals surface area contributed by atoms with E-state index in [9.17, 15) is 14.9 Å². The minimum Gasteiger partial charge on any atom is -0.350 e. The number of nitriles is 1. The Morgan fingerprint density at radius 3 is 2.88 bits per heavy atom. The molecule has 0 aliphatic carbocycles. The summed E-state index contributed by atoms with van der Waals surface area (Å²) < 4.78 is 0. The van der Waals surface area contributed by atoms with Gasteiger partial charge in [-0.2, -0.15) is 10.4 Å². The first-order chi connectivity index (χ1) is 8.06. The van der Waals surface area contributed by atoms with E-state index in [1.807, 2.05) is 5.43 Å². The van der Waals surface area contributed by atoms with Gasteiger partial charge < -0.3 is 5.73 Å². The number of benzene rings is 1. The molecule has 17 heavy (non-hydrogen) atoms. The van der Waals surface area contributed by atoms with Crippen LogP contribution in [0.3, 0.4) is 0 Å². The van der Waals surface area contributed by atoms with Gasteiger partial charge in [0.05, 0.1) is 16.7 Å². The van der Waals surface area contributed by atoms with E-state index in [-0.39, 0.29) is 16.8 Å². The summed E-state index contributed by atoms with van der Waals surface area (Å²) in [7, 11) is 0. The van der Waals surface area contributed by atoms with Crippen molar-refractivity contribution in [3.63, 3.8) is 0 Å². The highest BCUT2D eigenvalue weighted by molar-refractivity contribution is 5.87. The number of nitrogens with one attached hydrogen (secondary N) is 1. The molecule has 1 rings (SSSR count). The maximum absolute atomic E-state index is 10.8. The van der Waals surface area contributed by atoms with Crippen LogP contribution in [0.15, 0.2) is 23.3 Å². The summed E-state index contributed by atoms with van der Waals surface area (Å²) in [4.78, 5) is 20.4. The van der Waals surface area contributed by atoms with E-state index in [4.69, 9.17) is 11.0 Å². The molecule has 2 amide bonds. The minimum atomic E-state index is -0.889. The number of amides is 2. The van der Waals surface area contributed by atoms with Gasteiger partial charge >= 0.3 is 6.03 Å². The van der Waals surface area contributed by atoms with E-state index in [0.717, 1.165) is 6.21 Å². The second-order valence-corrected chi connectivity index (χ2v) is 2.85. The first-order valence-electron chi connectivity index (χ1n) is 4.32. The topological polar surface area (TPSA) is 134 Å². The lowest BCUT2D eigenvalue weighted by Gasteiger charge is -1.98. The van der Waals surface area contributed by atoms with Crippen molar-refractivity contribution in [2.45, 2.75) is 0 Å². The first-order valence-corrected chi connectivity index (χ1v) is 4.32. The van der Waals surface area contributed by atoms with Crippen molar-refractivity contribution in [2.75, 3.05) is 0 Å². The standard InChI is InChI=1S/C9H7N5O3/c10-4-6-2-1-3-7(8(6)14(16)17)5-12-13-9(11)15/h1-3,5H,(H3,11,13,15). The molecule has 0 aliphatic heterocycles. The molecule has 0 saturated carbocycles. The number of primary amides is 1. The maximum atomic E-state index is 10.8. The first kappa shape index (κ1) is 12.1. The van der Waals surface area contributed by atoms with E-state index < -0.39 is 11.0 Å². The fourth-order valence-electron chi connectivity index (χ4n) is 1.12. The number of para-hydroxylation sites is 1. The lowest BCUT2D eigenvalue weighted by Crippen LogP contribution is -2.24. The monoisotopic (exact) mass is 233 g/mol. The summed E-state index contributed by atoms with van der Waals surface area (Å²) >= 11 is 0. The van der Waals surface area contributed by atoms with Crippen molar-refractivity contribution in [3.05, 3.63) is 39.4 Å². The lowest BCUT2D eigenvalue weighted by molar-refractivity contribution is -0.385. The van der Waals surface area contributed by atoms with Crippen LogP contribution in [0.4, 0.5) is 10.5 Å². The number of nitro groups is 1. The summed E-state index contributed by atoms with van der Waals surface area (Å²) in [6.07, 6.45) is 1.05. The van der Waals surface area contributed by atoms with E-state index in [2.05, 4.69) is 5.10 Å². The largest absolute Gasteiger partial charge is 0.350 e. The lowest BCUT2D eigenvalue weighted by atomic mass is 10.1. The third-order valence-electron chi connectivity index (χ3n) is 1.75. The fraction of sp³-hybridized carbons (Fsp3) is 0. The Morgan fingerprint density at radius 2 is 2.35 bits per heavy atom. The molecule has 0 atom stereocenters. The highest BCUT2D eigenvalue weighted by Crippen LogP contribution is 2.21. The van der Waals surface area contributed by atoms with Gasteiger partial charge in [-0.05, 0) is 12.1 Å². The van der Waals surface area contributed by atoms with Crippen LogP contribution >= 0.6 is 0 Å². The highest BCUT2D eigenvalue weighted by Gasteiger charge is 2.17. The van der Waals surface area contributed by atoms with Crippen molar-refractivity contribution in [1.29, 1.82) is 5.26 Å². The average molecular weight is 233 g/mol. The number of hydrogen-bond acceptors (Lipinski definition) is 5. The number of rotatable bonds is 3. The fourth-order valence-corrected chi connectivity index (χ4v) is 1.12. The smallest absolute Gasteiger partial charge is 0.332 e. The molecule has 1 aromatic carbocycles. The van der Waals surface area contributed by atoms with Gasteiger partial charge in [0.25, 0.3) is 5.69 Å². The Kier molecular flexibility index (Phi) is 3.72. The van der Waals surface area contributed by atoms with Crippen LogP contribution in [0, 0.1) is 21.4 Å². The average Bonchev–Trinajstić information content (AvgIpc) is 2.27. The van der Waals surface area contributed by atoms with Gasteiger partial charge in [-0.3, -0.25) is 10.1 Å². The van der Waals surface area contributed by atoms with Gasteiger partial charge in [-0.25, -0.2) is 10.2 Å². The Balaban J connectivity index is 3.16. The third kappa shape index (κ3) is 3.00. The molecule has 0 radical (unpaired) electrons. The predicted molar refractivity (Wildman–Crippen MR) is 58.1 cm³/mol. The van der Waals surface area contributed by atoms with E-state index >= 15 is 0 Å². The van der Waals surface area contributed by atoms with Crippen molar-refractivity contribution in [1.82, 2.24) is 5.43 Å². The summed E-state index contributed by atoms with van der Waals surface area (Å²) in [5, 5.41) is 22.9. The molecule has 0 unspecified atom stereocenters. The summed E-state index contributed by atoms with van der Waals surface area (Å²) in [6.45, 7) is 0. The molecule has 0 saturated heterocycles. The Morgan fingerprint density at radius 1 is 1.65 bits per heavy atom. The van der Waals surface area contributed by atoms with Crippen LogP contribution in [-0.2, 0) is 0 Å². The summed E-state index contributed by atoms with van der Waals surface area (Å²) in [5.74, 6) is 0. The second kappa shape index (κ2) is 5.22. The number of hydrogen-bond donors (Lipinski definition) is 2. The molecule has 86 valence electrons. The number of carbonyl (C=O) groups excluding carboxylic acids is 1. The molecule has 0 spiro atoms. The number of nitrogens with two attached hydrogens (primary N) is 1. The number of nitro benzene ring substituents is 1. The van der Waals surface area contributed by atoms with Gasteiger partial charge in [-0.15, -0.1) is 0 Å². The normalized spacial score (nSPS) is 9.82. The third-order valence-corrected chi connectivity index (χ3v) is 1.75. The van der Waals surface area contributed by atoms with Crippen LogP contribution in [0.25, 0.3) is 0 Å². The molecule has 8 nitrogen and oxygen atoms in total. The van der Waals surface area contributed by atoms with E-state index in [1.165, 1.54) is 18.2 Å². The Labute approximate surface area is 95.5 Å². The SMILES string of the molecule is N#Cc1cccc(C=NNC(N)=O)c1[N+](=O)[O-]. The molecular weight excluding hydrogens is 226 g/mol. The van der Waals surface area contributed by atoms with E-state index in [1.54, 1.807) is 6.07 Å². The van der Waals surface area contributed by atoms with Crippen LogP contribution in [0.5, 0.6) is 0 Å². The van der Waals surface area contributed by atoms with Crippen LogP contribution < -0.4 is 11.2 Å². The zero-order valence-electron chi connectivity index (χ0n) is 8.45. The number of nitrogens with zero attached hydrogens (tertiary/aromatic N) is 3. The quantitative estimate of drug-likeness (QED) is 0.445. The maximum Gasteiger partial charge on any atom is 0.332 e. The van der Waals surface area contributed by atoms with Gasteiger partial charge in [0.1, 0.15) is 11.6 Å². The second-order valence-electron chi connectivity index (χ2n) is 2.85. The summed E-state index contributed by atoms with van der Waals surface area (Å²) in [6, 6.07) is 4.99. The van der Waals surface area contributed by atoms with Crippen molar-refractivity contribution in [3.8, 4) is 6.07 Å². The Bertz CT molecular complexity index is 532. The van der Waals surface area contributed by atoms with Crippen molar-refractivity contribution >= 4 is 17.9 Å². The van der Waals surface area contributed by atoms with Gasteiger partial charge in [0.15, 0.2) is 0 Å². The number of carbonyl (C=O) groups is 1. The molecule has 0 heterocycles. The van der Waals surface area contributed by atoms with Gasteiger partial charge in [0, 0.05) is 0 Å². The number of urea groups is 1. The zero-order valence-corrected chi connectivity index (χ0v) is 8.45. The molecule has 0 fully saturated rings. The molecular formula is C9H7N5O3. The highest BCUT2D eigenvalue weighted by atomic mass is 16.6. The van der Waals surface area contributed by atoms with Crippen LogP contribution in [0.1, 0.15) is 11.1 Å². The van der Waals surface area contributed by atoms with Crippen molar-refractivity contribution in [2.24, 2.45) is 10.8 Å². The van der Waals surface area contributed by atoms with Gasteiger partial charge in [0.2, 0.25) is 0 Å². The molecule has 0 aliphatic rings. The molecule has 3 N–H and O–H groups in total. The van der Waals surface area contributed by atoms with Crippen LogP contribution in [-0.4, -0.2) is 17.2 Å². The predicted octanol–water partition coefficient (Wildman–Crippen LogP) is 0.469. The van der Waals surface area contributed by atoms with E-state index in [0.29, 0.717) is 0 Å². The van der Waals surface area contributed by atoms with Gasteiger partial charge in [-0.1, -0.05) is 6.07 Å². The molecule has 0 aromatic heterocycles. The van der Waals surface area contributed by atoms with Crippen LogP contribution in [0.2, 0.25) is 0 Å². The molecule has 0 bridgehead atoms. The Hall–Kier alpha value is -2.95. The zero-order chi connectivity index (χ0) is 12.8. The molecule has 1 aromatic rings. The minimum absolute atomic E-state index is 0.0852. The van der Waals surface area contributed by atoms with Crippen molar-refractivity contribution < 1.29 is 9.72 Å². The summed E-state index contributed by atoms with van der Waals surface area (Å²) in [5.41, 5.74) is 6.31. The molecule has 8 heteroatoms. The number of hydrazone groups is 1.